The minimum atomic E-state index is -0.870. The van der Waals surface area contributed by atoms with E-state index in [0.29, 0.717) is 28.9 Å². The van der Waals surface area contributed by atoms with Crippen molar-refractivity contribution in [3.8, 4) is 22.6 Å². The molecule has 0 aliphatic rings. The standard InChI is InChI=1S/C22H21FO6/c1-6-17-18(11-12-19(20(17)23)29-22(25)14(3)27-5)15-7-9-16(10-8-15)28-21(24)13(2)26-4/h7-12H,2-3,6H2,1,4-5H3. The lowest BCUT2D eigenvalue weighted by Crippen LogP contribution is -2.13. The predicted octanol–water partition coefficient (Wildman–Crippen LogP) is 4.19. The van der Waals surface area contributed by atoms with Gasteiger partial charge in [0.2, 0.25) is 0 Å². The van der Waals surface area contributed by atoms with Crippen LogP contribution in [0.5, 0.6) is 11.5 Å². The lowest BCUT2D eigenvalue weighted by atomic mass is 9.97. The second kappa shape index (κ2) is 9.54. The predicted molar refractivity (Wildman–Crippen MR) is 105 cm³/mol. The van der Waals surface area contributed by atoms with Crippen LogP contribution < -0.4 is 9.47 Å². The van der Waals surface area contributed by atoms with Gasteiger partial charge in [0.15, 0.2) is 23.1 Å². The van der Waals surface area contributed by atoms with Crippen LogP contribution in [0, 0.1) is 5.82 Å². The van der Waals surface area contributed by atoms with E-state index in [-0.39, 0.29) is 17.3 Å². The van der Waals surface area contributed by atoms with E-state index in [1.165, 1.54) is 20.3 Å². The number of methoxy groups -OCH3 is 2. The van der Waals surface area contributed by atoms with Crippen LogP contribution in [0.1, 0.15) is 12.5 Å². The second-order valence-corrected chi connectivity index (χ2v) is 5.82. The summed E-state index contributed by atoms with van der Waals surface area (Å²) < 4.78 is 34.4. The molecule has 2 aromatic carbocycles. The van der Waals surface area contributed by atoms with Gasteiger partial charge in [-0.25, -0.2) is 14.0 Å². The Hall–Kier alpha value is -3.61. The fraction of sp³-hybridized carbons (Fsp3) is 0.182. The van der Waals surface area contributed by atoms with Gasteiger partial charge in [-0.15, -0.1) is 0 Å². The fourth-order valence-electron chi connectivity index (χ4n) is 2.48. The summed E-state index contributed by atoms with van der Waals surface area (Å²) in [5.74, 6) is -2.49. The molecule has 0 fully saturated rings. The number of esters is 2. The van der Waals surface area contributed by atoms with E-state index in [2.05, 4.69) is 13.2 Å². The van der Waals surface area contributed by atoms with Crippen LogP contribution in [0.15, 0.2) is 61.1 Å². The van der Waals surface area contributed by atoms with Crippen molar-refractivity contribution in [2.75, 3.05) is 14.2 Å². The molecule has 29 heavy (non-hydrogen) atoms. The summed E-state index contributed by atoms with van der Waals surface area (Å²) in [5, 5.41) is 0. The topological polar surface area (TPSA) is 71.1 Å². The van der Waals surface area contributed by atoms with Crippen LogP contribution in [-0.2, 0) is 25.5 Å². The Morgan fingerprint density at radius 3 is 1.97 bits per heavy atom. The van der Waals surface area contributed by atoms with Crippen LogP contribution in [-0.4, -0.2) is 26.2 Å². The first-order chi connectivity index (χ1) is 13.8. The van der Waals surface area contributed by atoms with Gasteiger partial charge in [0.1, 0.15) is 5.75 Å². The van der Waals surface area contributed by atoms with Crippen LogP contribution in [0.2, 0.25) is 0 Å². The Kier molecular flexibility index (Phi) is 7.14. The summed E-state index contributed by atoms with van der Waals surface area (Å²) in [6.07, 6.45) is 0.363. The molecule has 0 aliphatic heterocycles. The summed E-state index contributed by atoms with van der Waals surface area (Å²) in [5.41, 5.74) is 1.69. The molecule has 0 amide bonds. The van der Waals surface area contributed by atoms with E-state index in [9.17, 15) is 14.0 Å². The molecule has 0 atom stereocenters. The van der Waals surface area contributed by atoms with Gasteiger partial charge in [-0.1, -0.05) is 25.1 Å². The molecule has 0 heterocycles. The van der Waals surface area contributed by atoms with Gasteiger partial charge in [0.05, 0.1) is 14.2 Å². The SMILES string of the molecule is C=C(OC)C(=O)Oc1ccc(-c2ccc(OC(=O)C(=C)OC)c(F)c2CC)cc1. The van der Waals surface area contributed by atoms with E-state index in [1.54, 1.807) is 37.3 Å². The van der Waals surface area contributed by atoms with Gasteiger partial charge in [-0.05, 0) is 54.5 Å². The molecular weight excluding hydrogens is 379 g/mol. The van der Waals surface area contributed by atoms with Crippen LogP contribution in [0.3, 0.4) is 0 Å². The molecule has 6 nitrogen and oxygen atoms in total. The summed E-state index contributed by atoms with van der Waals surface area (Å²) >= 11 is 0. The highest BCUT2D eigenvalue weighted by Gasteiger charge is 2.19. The fourth-order valence-corrected chi connectivity index (χ4v) is 2.48. The van der Waals surface area contributed by atoms with E-state index in [4.69, 9.17) is 18.9 Å². The van der Waals surface area contributed by atoms with Crippen LogP contribution >= 0.6 is 0 Å². The molecule has 0 saturated heterocycles. The number of hydrogen-bond donors (Lipinski definition) is 0. The van der Waals surface area contributed by atoms with Crippen molar-refractivity contribution in [3.63, 3.8) is 0 Å². The summed E-state index contributed by atoms with van der Waals surface area (Å²) in [6, 6.07) is 9.53. The van der Waals surface area contributed by atoms with Gasteiger partial charge in [-0.3, -0.25) is 0 Å². The van der Waals surface area contributed by atoms with Crippen LogP contribution in [0.4, 0.5) is 4.39 Å². The maximum atomic E-state index is 14.9. The van der Waals surface area contributed by atoms with Crippen LogP contribution in [0.25, 0.3) is 11.1 Å². The molecule has 0 aliphatic carbocycles. The largest absolute Gasteiger partial charge is 0.490 e. The zero-order valence-corrected chi connectivity index (χ0v) is 16.4. The highest BCUT2D eigenvalue weighted by Crippen LogP contribution is 2.33. The summed E-state index contributed by atoms with van der Waals surface area (Å²) in [6.45, 7) is 8.59. The Morgan fingerprint density at radius 2 is 1.45 bits per heavy atom. The summed E-state index contributed by atoms with van der Waals surface area (Å²) in [7, 11) is 2.59. The first kappa shape index (κ1) is 21.7. The monoisotopic (exact) mass is 400 g/mol. The van der Waals surface area contributed by atoms with E-state index < -0.39 is 17.8 Å². The number of rotatable bonds is 8. The van der Waals surface area contributed by atoms with Crippen molar-refractivity contribution in [2.45, 2.75) is 13.3 Å². The molecule has 0 bridgehead atoms. The lowest BCUT2D eigenvalue weighted by Gasteiger charge is -2.14. The molecular formula is C22H21FO6. The molecule has 2 rings (SSSR count). The number of halogens is 1. The van der Waals surface area contributed by atoms with Crippen molar-refractivity contribution in [3.05, 3.63) is 72.5 Å². The van der Waals surface area contributed by atoms with Crippen molar-refractivity contribution < 1.29 is 32.9 Å². The van der Waals surface area contributed by atoms with Gasteiger partial charge in [0.25, 0.3) is 0 Å². The van der Waals surface area contributed by atoms with Crippen molar-refractivity contribution >= 4 is 11.9 Å². The third-order valence-corrected chi connectivity index (χ3v) is 4.09. The maximum absolute atomic E-state index is 14.9. The molecule has 0 unspecified atom stereocenters. The number of hydrogen-bond acceptors (Lipinski definition) is 6. The number of ether oxygens (including phenoxy) is 4. The van der Waals surface area contributed by atoms with Gasteiger partial charge in [0, 0.05) is 0 Å². The number of benzene rings is 2. The molecule has 0 saturated carbocycles. The van der Waals surface area contributed by atoms with Crippen molar-refractivity contribution in [2.24, 2.45) is 0 Å². The first-order valence-corrected chi connectivity index (χ1v) is 8.64. The minimum absolute atomic E-state index is 0.120. The Bertz CT molecular complexity index is 947. The van der Waals surface area contributed by atoms with Crippen molar-refractivity contribution in [1.82, 2.24) is 0 Å². The second-order valence-electron chi connectivity index (χ2n) is 5.82. The van der Waals surface area contributed by atoms with Gasteiger partial charge >= 0.3 is 11.9 Å². The zero-order valence-electron chi connectivity index (χ0n) is 16.4. The Labute approximate surface area is 168 Å². The lowest BCUT2D eigenvalue weighted by molar-refractivity contribution is -0.134. The first-order valence-electron chi connectivity index (χ1n) is 8.64. The third kappa shape index (κ3) is 5.01. The minimum Gasteiger partial charge on any atom is -0.490 e. The summed E-state index contributed by atoms with van der Waals surface area (Å²) in [4.78, 5) is 23.5. The molecule has 152 valence electrons. The number of carbonyl (C=O) groups excluding carboxylic acids is 2. The quantitative estimate of drug-likeness (QED) is 0.286. The van der Waals surface area contributed by atoms with E-state index >= 15 is 0 Å². The molecule has 2 aromatic rings. The third-order valence-electron chi connectivity index (χ3n) is 4.09. The average Bonchev–Trinajstić information content (AvgIpc) is 2.74. The van der Waals surface area contributed by atoms with Gasteiger partial charge < -0.3 is 18.9 Å². The highest BCUT2D eigenvalue weighted by atomic mass is 19.1. The molecule has 0 radical (unpaired) electrons. The van der Waals surface area contributed by atoms with Crippen molar-refractivity contribution in [1.29, 1.82) is 0 Å². The molecule has 0 N–H and O–H groups in total. The normalized spacial score (nSPS) is 10.1. The average molecular weight is 400 g/mol. The molecule has 0 spiro atoms. The van der Waals surface area contributed by atoms with E-state index in [1.807, 2.05) is 0 Å². The number of carbonyl (C=O) groups is 2. The Morgan fingerprint density at radius 1 is 0.897 bits per heavy atom. The van der Waals surface area contributed by atoms with E-state index in [0.717, 1.165) is 0 Å². The smallest absolute Gasteiger partial charge is 0.378 e. The Balaban J connectivity index is 2.29. The molecule has 0 aromatic heterocycles. The van der Waals surface area contributed by atoms with Gasteiger partial charge in [-0.2, -0.15) is 0 Å². The highest BCUT2D eigenvalue weighted by molar-refractivity contribution is 5.88. The zero-order chi connectivity index (χ0) is 21.6. The molecule has 7 heteroatoms. The maximum Gasteiger partial charge on any atom is 0.378 e.